The molecule has 7 aliphatic rings. The minimum absolute atomic E-state index is 0.197. The van der Waals surface area contributed by atoms with Crippen LogP contribution >= 0.6 is 0 Å². The van der Waals surface area contributed by atoms with Crippen LogP contribution in [0, 0.1) is 28.1 Å². The van der Waals surface area contributed by atoms with Crippen LogP contribution in [0.25, 0.3) is 0 Å². The summed E-state index contributed by atoms with van der Waals surface area (Å²) >= 11 is 0. The lowest BCUT2D eigenvalue weighted by Gasteiger charge is -2.48. The SMILES string of the molecule is CC1C(=O)OC2[C@H](O)C34C5CC(C(C)(C)C)C36[C@@H](OC(=O)[C@@H]6OCCN3CCOCC3)O[C@@]4(C(=O)O5)[C@@]12O. The van der Waals surface area contributed by atoms with Crippen LogP contribution in [0.1, 0.15) is 34.1 Å². The summed E-state index contributed by atoms with van der Waals surface area (Å²) in [6, 6.07) is 0. The Labute approximate surface area is 219 Å². The number of aliphatic hydroxyl groups is 2. The Morgan fingerprint density at radius 2 is 1.79 bits per heavy atom. The number of hydrogen-bond acceptors (Lipinski definition) is 12. The molecule has 2 N–H and O–H groups in total. The number of esters is 3. The van der Waals surface area contributed by atoms with Gasteiger partial charge in [-0.25, -0.2) is 9.59 Å². The van der Waals surface area contributed by atoms with Crippen molar-refractivity contribution in [3.8, 4) is 0 Å². The molecule has 6 unspecified atom stereocenters. The van der Waals surface area contributed by atoms with Crippen molar-refractivity contribution in [1.29, 1.82) is 0 Å². The predicted octanol–water partition coefficient (Wildman–Crippen LogP) is -1.01. The summed E-state index contributed by atoms with van der Waals surface area (Å²) in [6.45, 7) is 11.0. The van der Waals surface area contributed by atoms with Crippen LogP contribution < -0.4 is 0 Å². The average molecular weight is 538 g/mol. The van der Waals surface area contributed by atoms with E-state index >= 15 is 0 Å². The molecular formula is C26H35NO11. The fourth-order valence-corrected chi connectivity index (χ4v) is 9.42. The molecule has 2 spiro atoms. The molecule has 2 aliphatic carbocycles. The number of carbonyl (C=O) groups excluding carboxylic acids is 3. The van der Waals surface area contributed by atoms with E-state index in [0.29, 0.717) is 26.2 Å². The molecular weight excluding hydrogens is 502 g/mol. The Hall–Kier alpha value is -1.83. The van der Waals surface area contributed by atoms with E-state index < -0.39 is 82.0 Å². The summed E-state index contributed by atoms with van der Waals surface area (Å²) < 4.78 is 35.5. The fourth-order valence-electron chi connectivity index (χ4n) is 9.42. The van der Waals surface area contributed by atoms with Gasteiger partial charge in [0.2, 0.25) is 11.9 Å². The quantitative estimate of drug-likeness (QED) is 0.334. The standard InChI is InChI=1S/C26H35NO11/c1-12-18(29)36-16-15(28)24-14-11-13(22(2,3)4)23(24)17(34-10-7-27-5-8-33-9-6-27)19(30)37-21(23)38-26(24,20(31)35-14)25(12,16)32/h12-17,21,28,32H,5-11H2,1-4H3/t12?,13?,14?,15-,16?,17-,21-,23?,24?,25+,26+/m0/s1. The van der Waals surface area contributed by atoms with Crippen molar-refractivity contribution in [3.63, 3.8) is 0 Å². The monoisotopic (exact) mass is 537 g/mol. The van der Waals surface area contributed by atoms with Gasteiger partial charge in [-0.3, -0.25) is 9.69 Å². The van der Waals surface area contributed by atoms with Gasteiger partial charge in [0.25, 0.3) is 0 Å². The highest BCUT2D eigenvalue weighted by Gasteiger charge is 3.04. The maximum atomic E-state index is 13.8. The van der Waals surface area contributed by atoms with E-state index in [9.17, 15) is 24.6 Å². The van der Waals surface area contributed by atoms with Crippen molar-refractivity contribution in [2.24, 2.45) is 28.1 Å². The van der Waals surface area contributed by atoms with E-state index in [4.69, 9.17) is 28.4 Å². The number of nitrogens with zero attached hydrogens (tertiary/aromatic N) is 1. The Morgan fingerprint density at radius 3 is 2.47 bits per heavy atom. The highest BCUT2D eigenvalue weighted by atomic mass is 16.8. The number of rotatable bonds is 4. The molecule has 7 fully saturated rings. The van der Waals surface area contributed by atoms with Crippen molar-refractivity contribution in [3.05, 3.63) is 0 Å². The highest BCUT2D eigenvalue weighted by Crippen LogP contribution is 2.84. The molecule has 12 nitrogen and oxygen atoms in total. The molecule has 5 aliphatic heterocycles. The third kappa shape index (κ3) is 2.36. The zero-order valence-electron chi connectivity index (χ0n) is 22.0. The molecule has 11 atom stereocenters. The molecule has 7 rings (SSSR count). The van der Waals surface area contributed by atoms with Crippen LogP contribution in [0.2, 0.25) is 0 Å². The number of fused-ring (bicyclic) bond motifs is 1. The molecule has 2 saturated carbocycles. The highest BCUT2D eigenvalue weighted by molar-refractivity contribution is 5.94. The van der Waals surface area contributed by atoms with Gasteiger partial charge in [-0.15, -0.1) is 0 Å². The van der Waals surface area contributed by atoms with Crippen LogP contribution in [-0.4, -0.2) is 114 Å². The minimum Gasteiger partial charge on any atom is -0.459 e. The zero-order chi connectivity index (χ0) is 27.0. The predicted molar refractivity (Wildman–Crippen MR) is 123 cm³/mol. The Kier molecular flexibility index (Phi) is 4.94. The van der Waals surface area contributed by atoms with Gasteiger partial charge >= 0.3 is 17.9 Å². The number of hydrogen-bond donors (Lipinski definition) is 2. The summed E-state index contributed by atoms with van der Waals surface area (Å²) in [6.07, 6.45) is -6.06. The molecule has 12 heteroatoms. The van der Waals surface area contributed by atoms with E-state index in [1.807, 2.05) is 20.8 Å². The Bertz CT molecular complexity index is 1100. The van der Waals surface area contributed by atoms with E-state index in [1.165, 1.54) is 6.92 Å². The molecule has 0 aromatic carbocycles. The maximum Gasteiger partial charge on any atom is 0.343 e. The van der Waals surface area contributed by atoms with Gasteiger partial charge in [-0.2, -0.15) is 0 Å². The third-order valence-electron chi connectivity index (χ3n) is 10.8. The van der Waals surface area contributed by atoms with Crippen molar-refractivity contribution in [2.75, 3.05) is 39.5 Å². The van der Waals surface area contributed by atoms with Gasteiger partial charge < -0.3 is 38.6 Å². The number of carbonyl (C=O) groups is 3. The minimum atomic E-state index is -2.22. The zero-order valence-corrected chi connectivity index (χ0v) is 22.0. The maximum absolute atomic E-state index is 13.8. The number of morpholine rings is 1. The molecule has 0 bridgehead atoms. The van der Waals surface area contributed by atoms with Crippen molar-refractivity contribution >= 4 is 17.9 Å². The van der Waals surface area contributed by atoms with Gasteiger partial charge in [0.1, 0.15) is 12.2 Å². The first-order valence-corrected chi connectivity index (χ1v) is 13.5. The molecule has 0 aromatic heterocycles. The van der Waals surface area contributed by atoms with Crippen molar-refractivity contribution < 1.29 is 53.0 Å². The van der Waals surface area contributed by atoms with Crippen LogP contribution in [0.3, 0.4) is 0 Å². The first-order chi connectivity index (χ1) is 17.9. The van der Waals surface area contributed by atoms with E-state index in [0.717, 1.165) is 13.1 Å². The smallest absolute Gasteiger partial charge is 0.343 e. The lowest BCUT2D eigenvalue weighted by atomic mass is 9.51. The average Bonchev–Trinajstić information content (AvgIpc) is 3.58. The molecule has 0 radical (unpaired) electrons. The lowest BCUT2D eigenvalue weighted by Crippen LogP contribution is -2.67. The van der Waals surface area contributed by atoms with Crippen LogP contribution in [0.15, 0.2) is 0 Å². The first-order valence-electron chi connectivity index (χ1n) is 13.5. The van der Waals surface area contributed by atoms with Crippen LogP contribution in [0.4, 0.5) is 0 Å². The van der Waals surface area contributed by atoms with Crippen LogP contribution in [0.5, 0.6) is 0 Å². The summed E-state index contributed by atoms with van der Waals surface area (Å²) in [5.74, 6) is -3.82. The Morgan fingerprint density at radius 1 is 1.08 bits per heavy atom. The first kappa shape index (κ1) is 25.2. The summed E-state index contributed by atoms with van der Waals surface area (Å²) in [7, 11) is 0. The number of ether oxygens (including phenoxy) is 6. The summed E-state index contributed by atoms with van der Waals surface area (Å²) in [5.41, 5.74) is -7.87. The van der Waals surface area contributed by atoms with Gasteiger partial charge in [-0.05, 0) is 24.7 Å². The van der Waals surface area contributed by atoms with Crippen LogP contribution in [-0.2, 0) is 42.8 Å². The largest absolute Gasteiger partial charge is 0.459 e. The summed E-state index contributed by atoms with van der Waals surface area (Å²) in [5, 5.41) is 24.3. The molecule has 5 heterocycles. The van der Waals surface area contributed by atoms with Crippen molar-refractivity contribution in [1.82, 2.24) is 4.90 Å². The third-order valence-corrected chi connectivity index (χ3v) is 10.8. The topological polar surface area (TPSA) is 150 Å². The van der Waals surface area contributed by atoms with Gasteiger partial charge in [0, 0.05) is 19.6 Å². The molecule has 210 valence electrons. The van der Waals surface area contributed by atoms with Crippen molar-refractivity contribution in [2.45, 2.75) is 76.0 Å². The van der Waals surface area contributed by atoms with E-state index in [2.05, 4.69) is 4.90 Å². The second-order valence-electron chi connectivity index (χ2n) is 13.0. The normalized spacial score (nSPS) is 52.9. The van der Waals surface area contributed by atoms with Gasteiger partial charge in [0.15, 0.2) is 17.8 Å². The molecule has 38 heavy (non-hydrogen) atoms. The number of aliphatic hydroxyl groups excluding tert-OH is 1. The molecule has 0 aromatic rings. The van der Waals surface area contributed by atoms with Gasteiger partial charge in [0.05, 0.1) is 36.6 Å². The molecule has 0 amide bonds. The molecule has 5 saturated heterocycles. The summed E-state index contributed by atoms with van der Waals surface area (Å²) in [4.78, 5) is 42.1. The van der Waals surface area contributed by atoms with E-state index in [-0.39, 0.29) is 12.5 Å². The second-order valence-corrected chi connectivity index (χ2v) is 13.0. The fraction of sp³-hybridized carbons (Fsp3) is 0.885. The van der Waals surface area contributed by atoms with Gasteiger partial charge in [-0.1, -0.05) is 20.8 Å². The lowest BCUT2D eigenvalue weighted by molar-refractivity contribution is -0.240. The van der Waals surface area contributed by atoms with E-state index in [1.54, 1.807) is 0 Å². The Balaban J connectivity index is 1.38. The second kappa shape index (κ2) is 7.46.